The zero-order valence-electron chi connectivity index (χ0n) is 15.5. The van der Waals surface area contributed by atoms with E-state index in [-0.39, 0.29) is 0 Å². The minimum atomic E-state index is 0.656. The molecule has 1 fully saturated rings. The molecule has 130 valence electrons. The molecular weight excluding hydrogens is 314 g/mol. The fourth-order valence-electron chi connectivity index (χ4n) is 3.68. The first-order valence-corrected chi connectivity index (χ1v) is 10.1. The molecule has 0 N–H and O–H groups in total. The highest BCUT2D eigenvalue weighted by atomic mass is 32.2. The lowest BCUT2D eigenvalue weighted by atomic mass is 9.89. The standard InChI is InChI=1S/C20H29N3S/c1-14-12-20(21-19-7-6-17(24-5)13-18(14)19)23-10-8-16(9-11-23)15(2)22(3)4/h6-7,12-13,15-16H,8-11H2,1-5H3. The molecule has 1 aliphatic heterocycles. The quantitative estimate of drug-likeness (QED) is 0.765. The number of hydrogen-bond donors (Lipinski definition) is 0. The lowest BCUT2D eigenvalue weighted by molar-refractivity contribution is 0.199. The van der Waals surface area contributed by atoms with E-state index >= 15 is 0 Å². The normalized spacial score (nSPS) is 17.7. The SMILES string of the molecule is CSc1ccc2nc(N3CCC(C(C)N(C)C)CC3)cc(C)c2c1. The number of rotatable bonds is 4. The average molecular weight is 344 g/mol. The highest BCUT2D eigenvalue weighted by Gasteiger charge is 2.25. The van der Waals surface area contributed by atoms with Crippen LogP contribution in [0.3, 0.4) is 0 Å². The van der Waals surface area contributed by atoms with Crippen molar-refractivity contribution in [1.29, 1.82) is 0 Å². The van der Waals surface area contributed by atoms with Gasteiger partial charge in [-0.2, -0.15) is 0 Å². The van der Waals surface area contributed by atoms with E-state index in [1.54, 1.807) is 11.8 Å². The summed E-state index contributed by atoms with van der Waals surface area (Å²) in [5, 5.41) is 1.28. The minimum Gasteiger partial charge on any atom is -0.357 e. The van der Waals surface area contributed by atoms with Crippen LogP contribution in [0.2, 0.25) is 0 Å². The van der Waals surface area contributed by atoms with Gasteiger partial charge in [-0.1, -0.05) is 0 Å². The van der Waals surface area contributed by atoms with Crippen molar-refractivity contribution in [3.63, 3.8) is 0 Å². The van der Waals surface area contributed by atoms with Crippen molar-refractivity contribution < 1.29 is 0 Å². The first-order valence-electron chi connectivity index (χ1n) is 8.86. The molecule has 3 nitrogen and oxygen atoms in total. The first-order chi connectivity index (χ1) is 11.5. The number of aryl methyl sites for hydroxylation is 1. The summed E-state index contributed by atoms with van der Waals surface area (Å²) < 4.78 is 0. The Labute approximate surface area is 150 Å². The maximum absolute atomic E-state index is 4.95. The van der Waals surface area contributed by atoms with Gasteiger partial charge in [0.15, 0.2) is 0 Å². The van der Waals surface area contributed by atoms with Crippen LogP contribution in [0, 0.1) is 12.8 Å². The van der Waals surface area contributed by atoms with Gasteiger partial charge in [0.2, 0.25) is 0 Å². The maximum Gasteiger partial charge on any atom is 0.129 e. The number of benzene rings is 1. The number of fused-ring (bicyclic) bond motifs is 1. The van der Waals surface area contributed by atoms with Crippen LogP contribution in [0.5, 0.6) is 0 Å². The van der Waals surface area contributed by atoms with E-state index in [0.29, 0.717) is 6.04 Å². The number of anilines is 1. The molecule has 24 heavy (non-hydrogen) atoms. The van der Waals surface area contributed by atoms with Gasteiger partial charge in [0, 0.05) is 29.4 Å². The van der Waals surface area contributed by atoms with E-state index in [2.05, 4.69) is 68.3 Å². The topological polar surface area (TPSA) is 19.4 Å². The predicted molar refractivity (Wildman–Crippen MR) is 106 cm³/mol. The Bertz CT molecular complexity index is 705. The Kier molecular flexibility index (Phi) is 5.36. The highest BCUT2D eigenvalue weighted by molar-refractivity contribution is 7.98. The van der Waals surface area contributed by atoms with Gasteiger partial charge in [-0.05, 0) is 82.8 Å². The number of piperidine rings is 1. The zero-order chi connectivity index (χ0) is 17.3. The Morgan fingerprint density at radius 3 is 2.54 bits per heavy atom. The van der Waals surface area contributed by atoms with Gasteiger partial charge in [-0.25, -0.2) is 4.98 Å². The lowest BCUT2D eigenvalue weighted by Crippen LogP contribution is -2.41. The van der Waals surface area contributed by atoms with E-state index in [1.165, 1.54) is 28.7 Å². The molecule has 1 aromatic heterocycles. The van der Waals surface area contributed by atoms with Crippen molar-refractivity contribution in [1.82, 2.24) is 9.88 Å². The summed E-state index contributed by atoms with van der Waals surface area (Å²) in [7, 11) is 4.38. The van der Waals surface area contributed by atoms with Gasteiger partial charge < -0.3 is 9.80 Å². The molecule has 2 heterocycles. The lowest BCUT2D eigenvalue weighted by Gasteiger charge is -2.37. The minimum absolute atomic E-state index is 0.656. The van der Waals surface area contributed by atoms with E-state index in [4.69, 9.17) is 4.98 Å². The Balaban J connectivity index is 1.79. The van der Waals surface area contributed by atoms with Gasteiger partial charge in [-0.3, -0.25) is 0 Å². The second kappa shape index (κ2) is 7.32. The molecule has 4 heteroatoms. The molecule has 0 radical (unpaired) electrons. The van der Waals surface area contributed by atoms with Crippen molar-refractivity contribution in [2.24, 2.45) is 5.92 Å². The summed E-state index contributed by atoms with van der Waals surface area (Å²) in [5.74, 6) is 1.94. The first kappa shape index (κ1) is 17.6. The van der Waals surface area contributed by atoms with Crippen LogP contribution in [0.4, 0.5) is 5.82 Å². The van der Waals surface area contributed by atoms with Crippen molar-refractivity contribution in [2.75, 3.05) is 38.3 Å². The summed E-state index contributed by atoms with van der Waals surface area (Å²) in [4.78, 5) is 11.1. The summed E-state index contributed by atoms with van der Waals surface area (Å²) in [6.07, 6.45) is 4.63. The van der Waals surface area contributed by atoms with Crippen LogP contribution < -0.4 is 4.90 Å². The molecule has 0 bridgehead atoms. The third-order valence-electron chi connectivity index (χ3n) is 5.57. The number of pyridine rings is 1. The molecule has 0 amide bonds. The average Bonchev–Trinajstić information content (AvgIpc) is 2.60. The zero-order valence-corrected chi connectivity index (χ0v) is 16.4. The summed E-state index contributed by atoms with van der Waals surface area (Å²) in [6.45, 7) is 6.79. The van der Waals surface area contributed by atoms with Gasteiger partial charge in [0.25, 0.3) is 0 Å². The van der Waals surface area contributed by atoms with Crippen molar-refractivity contribution in [3.8, 4) is 0 Å². The number of aromatic nitrogens is 1. The van der Waals surface area contributed by atoms with Crippen LogP contribution in [0.25, 0.3) is 10.9 Å². The second-order valence-corrected chi connectivity index (χ2v) is 8.09. The highest BCUT2D eigenvalue weighted by Crippen LogP contribution is 2.30. The third-order valence-corrected chi connectivity index (χ3v) is 6.29. The molecule has 1 atom stereocenters. The summed E-state index contributed by atoms with van der Waals surface area (Å²) in [5.41, 5.74) is 2.45. The van der Waals surface area contributed by atoms with Gasteiger partial charge in [0.05, 0.1) is 5.52 Å². The van der Waals surface area contributed by atoms with Crippen LogP contribution >= 0.6 is 11.8 Å². The van der Waals surface area contributed by atoms with Gasteiger partial charge in [-0.15, -0.1) is 11.8 Å². The summed E-state index contributed by atoms with van der Waals surface area (Å²) in [6, 6.07) is 9.52. The second-order valence-electron chi connectivity index (χ2n) is 7.21. The predicted octanol–water partition coefficient (Wildman–Crippen LogP) is 4.43. The number of thioether (sulfide) groups is 1. The van der Waals surface area contributed by atoms with Crippen molar-refractivity contribution >= 4 is 28.5 Å². The summed E-state index contributed by atoms with van der Waals surface area (Å²) >= 11 is 1.79. The van der Waals surface area contributed by atoms with Crippen LogP contribution in [0.15, 0.2) is 29.2 Å². The molecule has 0 spiro atoms. The Hall–Kier alpha value is -1.26. The molecule has 1 saturated heterocycles. The molecule has 0 aliphatic carbocycles. The van der Waals surface area contributed by atoms with E-state index in [1.807, 2.05) is 0 Å². The molecule has 0 saturated carbocycles. The number of hydrogen-bond acceptors (Lipinski definition) is 4. The molecule has 2 aromatic rings. The van der Waals surface area contributed by atoms with Crippen LogP contribution in [-0.4, -0.2) is 49.4 Å². The van der Waals surface area contributed by atoms with E-state index < -0.39 is 0 Å². The number of nitrogens with zero attached hydrogens (tertiary/aromatic N) is 3. The largest absolute Gasteiger partial charge is 0.357 e. The molecule has 1 unspecified atom stereocenters. The van der Waals surface area contributed by atoms with Crippen molar-refractivity contribution in [3.05, 3.63) is 29.8 Å². The van der Waals surface area contributed by atoms with Crippen LogP contribution in [0.1, 0.15) is 25.3 Å². The Morgan fingerprint density at radius 1 is 1.21 bits per heavy atom. The maximum atomic E-state index is 4.95. The fourth-order valence-corrected chi connectivity index (χ4v) is 4.12. The van der Waals surface area contributed by atoms with Gasteiger partial charge in [0.1, 0.15) is 5.82 Å². The third kappa shape index (κ3) is 3.55. The Morgan fingerprint density at radius 2 is 1.92 bits per heavy atom. The smallest absolute Gasteiger partial charge is 0.129 e. The van der Waals surface area contributed by atoms with E-state index in [9.17, 15) is 0 Å². The molecule has 1 aromatic carbocycles. The molecule has 1 aliphatic rings. The molecule has 3 rings (SSSR count). The fraction of sp³-hybridized carbons (Fsp3) is 0.550. The molecular formula is C20H29N3S. The van der Waals surface area contributed by atoms with E-state index in [0.717, 1.165) is 30.3 Å². The van der Waals surface area contributed by atoms with Crippen LogP contribution in [-0.2, 0) is 0 Å². The monoisotopic (exact) mass is 343 g/mol. The van der Waals surface area contributed by atoms with Gasteiger partial charge >= 0.3 is 0 Å². The van der Waals surface area contributed by atoms with Crippen molar-refractivity contribution in [2.45, 2.75) is 37.6 Å².